The highest BCUT2D eigenvalue weighted by atomic mass is 32.2. The molecule has 2 aromatic carbocycles. The van der Waals surface area contributed by atoms with Gasteiger partial charge in [0.25, 0.3) is 5.91 Å². The van der Waals surface area contributed by atoms with Gasteiger partial charge in [0.2, 0.25) is 10.0 Å². The fraction of sp³-hybridized carbons (Fsp3) is 0.333. The molecule has 0 spiro atoms. The number of anilines is 1. The first-order valence-corrected chi connectivity index (χ1v) is 12.5. The fourth-order valence-corrected chi connectivity index (χ4v) is 5.97. The number of hydrogen-bond acceptors (Lipinski definition) is 4. The number of nitrogens with one attached hydrogen (secondary N) is 2. The molecule has 2 N–H and O–H groups in total. The summed E-state index contributed by atoms with van der Waals surface area (Å²) in [6.45, 7) is 2.36. The van der Waals surface area contributed by atoms with Crippen LogP contribution in [0, 0.1) is 0 Å². The molecule has 0 radical (unpaired) electrons. The SMILES string of the molecule is CCc1cccc(NC(=O)c2n[nH]c3c2CN(S(=O)(=O)c2ccc4c(c2)CCCC4)C3)c1. The molecule has 0 saturated heterocycles. The zero-order valence-electron chi connectivity index (χ0n) is 18.0. The van der Waals surface area contributed by atoms with E-state index in [-0.39, 0.29) is 24.7 Å². The first-order chi connectivity index (χ1) is 15.5. The van der Waals surface area contributed by atoms with E-state index in [0.29, 0.717) is 21.8 Å². The summed E-state index contributed by atoms with van der Waals surface area (Å²) in [6, 6.07) is 13.1. The molecule has 7 nitrogen and oxygen atoms in total. The first kappa shape index (κ1) is 20.9. The number of carbonyl (C=O) groups excluding carboxylic acids is 1. The summed E-state index contributed by atoms with van der Waals surface area (Å²) >= 11 is 0. The Hall–Kier alpha value is -2.97. The van der Waals surface area contributed by atoms with Gasteiger partial charge < -0.3 is 5.32 Å². The molecule has 2 heterocycles. The second kappa shape index (κ2) is 8.18. The lowest BCUT2D eigenvalue weighted by molar-refractivity contribution is 0.102. The third kappa shape index (κ3) is 3.73. The van der Waals surface area contributed by atoms with Crippen LogP contribution in [-0.2, 0) is 42.4 Å². The summed E-state index contributed by atoms with van der Waals surface area (Å²) in [5.74, 6) is -0.344. The molecule has 0 bridgehead atoms. The third-order valence-corrected chi connectivity index (χ3v) is 8.18. The van der Waals surface area contributed by atoms with Crippen LogP contribution >= 0.6 is 0 Å². The largest absolute Gasteiger partial charge is 0.321 e. The first-order valence-electron chi connectivity index (χ1n) is 11.0. The summed E-state index contributed by atoms with van der Waals surface area (Å²) in [7, 11) is -3.67. The van der Waals surface area contributed by atoms with E-state index in [1.165, 1.54) is 9.87 Å². The van der Waals surface area contributed by atoms with E-state index in [4.69, 9.17) is 0 Å². The summed E-state index contributed by atoms with van der Waals surface area (Å²) in [5, 5.41) is 9.91. The van der Waals surface area contributed by atoms with Crippen molar-refractivity contribution in [3.63, 3.8) is 0 Å². The highest BCUT2D eigenvalue weighted by Crippen LogP contribution is 2.31. The molecular weight excluding hydrogens is 424 g/mol. The van der Waals surface area contributed by atoms with Gasteiger partial charge in [-0.1, -0.05) is 25.1 Å². The number of aryl methyl sites for hydroxylation is 3. The van der Waals surface area contributed by atoms with Gasteiger partial charge in [-0.2, -0.15) is 9.40 Å². The highest BCUT2D eigenvalue weighted by Gasteiger charge is 2.35. The molecule has 1 aliphatic carbocycles. The molecule has 166 valence electrons. The van der Waals surface area contributed by atoms with Gasteiger partial charge in [-0.3, -0.25) is 9.89 Å². The summed E-state index contributed by atoms with van der Waals surface area (Å²) in [5.41, 5.74) is 5.74. The minimum absolute atomic E-state index is 0.128. The number of carbonyl (C=O) groups is 1. The number of rotatable bonds is 5. The number of amides is 1. The van der Waals surface area contributed by atoms with Crippen LogP contribution in [0.5, 0.6) is 0 Å². The molecule has 1 aromatic heterocycles. The lowest BCUT2D eigenvalue weighted by atomic mass is 9.92. The van der Waals surface area contributed by atoms with Crippen molar-refractivity contribution in [2.24, 2.45) is 0 Å². The monoisotopic (exact) mass is 450 g/mol. The van der Waals surface area contributed by atoms with Gasteiger partial charge in [0.05, 0.1) is 17.1 Å². The molecule has 0 unspecified atom stereocenters. The third-order valence-electron chi connectivity index (χ3n) is 6.39. The maximum absolute atomic E-state index is 13.3. The summed E-state index contributed by atoms with van der Waals surface area (Å²) in [4.78, 5) is 13.2. The van der Waals surface area contributed by atoms with Crippen molar-refractivity contribution in [2.45, 2.75) is 57.0 Å². The lowest BCUT2D eigenvalue weighted by Gasteiger charge is -2.20. The maximum atomic E-state index is 13.3. The van der Waals surface area contributed by atoms with Crippen molar-refractivity contribution in [3.05, 3.63) is 76.1 Å². The molecule has 3 aromatic rings. The Balaban J connectivity index is 1.36. The van der Waals surface area contributed by atoms with Crippen LogP contribution in [0.1, 0.15) is 58.2 Å². The van der Waals surface area contributed by atoms with Crippen LogP contribution in [0.15, 0.2) is 47.4 Å². The predicted molar refractivity (Wildman–Crippen MR) is 122 cm³/mol. The van der Waals surface area contributed by atoms with E-state index in [1.807, 2.05) is 36.4 Å². The van der Waals surface area contributed by atoms with Gasteiger partial charge in [-0.25, -0.2) is 8.42 Å². The standard InChI is InChI=1S/C24H26N4O3S/c1-2-16-6-5-9-19(12-16)25-24(29)23-21-14-28(15-22(21)26-27-23)32(30,31)20-11-10-17-7-3-4-8-18(17)13-20/h5-6,9-13H,2-4,7-8,14-15H2,1H3,(H,25,29)(H,26,27). The average molecular weight is 451 g/mol. The van der Waals surface area contributed by atoms with E-state index in [1.54, 1.807) is 6.07 Å². The number of aromatic nitrogens is 2. The minimum atomic E-state index is -3.67. The zero-order valence-corrected chi connectivity index (χ0v) is 18.8. The Labute approximate surface area is 187 Å². The Bertz CT molecular complexity index is 1300. The molecule has 2 aliphatic rings. The van der Waals surface area contributed by atoms with Crippen molar-refractivity contribution < 1.29 is 13.2 Å². The average Bonchev–Trinajstić information content (AvgIpc) is 3.40. The second-order valence-corrected chi connectivity index (χ2v) is 10.4. The molecule has 0 atom stereocenters. The Morgan fingerprint density at radius 1 is 1.09 bits per heavy atom. The normalized spacial score (nSPS) is 15.9. The maximum Gasteiger partial charge on any atom is 0.276 e. The van der Waals surface area contributed by atoms with Crippen LogP contribution in [0.3, 0.4) is 0 Å². The molecule has 32 heavy (non-hydrogen) atoms. The van der Waals surface area contributed by atoms with Gasteiger partial charge in [0.1, 0.15) is 0 Å². The zero-order chi connectivity index (χ0) is 22.3. The van der Waals surface area contributed by atoms with Crippen LogP contribution in [0.25, 0.3) is 0 Å². The van der Waals surface area contributed by atoms with Crippen LogP contribution in [0.2, 0.25) is 0 Å². The quantitative estimate of drug-likeness (QED) is 0.618. The van der Waals surface area contributed by atoms with E-state index < -0.39 is 10.0 Å². The minimum Gasteiger partial charge on any atom is -0.321 e. The molecule has 5 rings (SSSR count). The molecular formula is C24H26N4O3S. The number of nitrogens with zero attached hydrogens (tertiary/aromatic N) is 2. The summed E-state index contributed by atoms with van der Waals surface area (Å²) < 4.78 is 28.1. The lowest BCUT2D eigenvalue weighted by Crippen LogP contribution is -2.27. The van der Waals surface area contributed by atoms with Crippen molar-refractivity contribution in [3.8, 4) is 0 Å². The van der Waals surface area contributed by atoms with Gasteiger partial charge in [-0.15, -0.1) is 0 Å². The Morgan fingerprint density at radius 2 is 1.91 bits per heavy atom. The second-order valence-electron chi connectivity index (χ2n) is 8.45. The smallest absolute Gasteiger partial charge is 0.276 e. The Kier molecular flexibility index (Phi) is 5.35. The van der Waals surface area contributed by atoms with Gasteiger partial charge in [-0.05, 0) is 73.1 Å². The number of fused-ring (bicyclic) bond motifs is 2. The van der Waals surface area contributed by atoms with Gasteiger partial charge in [0.15, 0.2) is 5.69 Å². The topological polar surface area (TPSA) is 95.2 Å². The van der Waals surface area contributed by atoms with Gasteiger partial charge >= 0.3 is 0 Å². The molecule has 1 amide bonds. The van der Waals surface area contributed by atoms with Crippen LogP contribution in [0.4, 0.5) is 5.69 Å². The predicted octanol–water partition coefficient (Wildman–Crippen LogP) is 3.81. The number of H-pyrrole nitrogens is 1. The van der Waals surface area contributed by atoms with E-state index in [9.17, 15) is 13.2 Å². The molecule has 1 aliphatic heterocycles. The summed E-state index contributed by atoms with van der Waals surface area (Å²) in [6.07, 6.45) is 5.05. The van der Waals surface area contributed by atoms with E-state index in [2.05, 4.69) is 22.4 Å². The molecule has 0 fully saturated rings. The van der Waals surface area contributed by atoms with Gasteiger partial charge in [0, 0.05) is 17.8 Å². The van der Waals surface area contributed by atoms with Crippen molar-refractivity contribution in [2.75, 3.05) is 5.32 Å². The molecule has 0 saturated carbocycles. The number of hydrogen-bond donors (Lipinski definition) is 2. The van der Waals surface area contributed by atoms with Crippen molar-refractivity contribution in [1.82, 2.24) is 14.5 Å². The Morgan fingerprint density at radius 3 is 2.72 bits per heavy atom. The fourth-order valence-electron chi connectivity index (χ4n) is 4.55. The molecule has 8 heteroatoms. The van der Waals surface area contributed by atoms with Crippen LogP contribution < -0.4 is 5.32 Å². The number of sulfonamides is 1. The van der Waals surface area contributed by atoms with E-state index in [0.717, 1.165) is 43.2 Å². The van der Waals surface area contributed by atoms with Crippen molar-refractivity contribution >= 4 is 21.6 Å². The highest BCUT2D eigenvalue weighted by molar-refractivity contribution is 7.89. The van der Waals surface area contributed by atoms with Crippen molar-refractivity contribution in [1.29, 1.82) is 0 Å². The van der Waals surface area contributed by atoms with Crippen LogP contribution in [-0.4, -0.2) is 28.8 Å². The van der Waals surface area contributed by atoms with E-state index >= 15 is 0 Å². The number of aromatic amines is 1. The number of benzene rings is 2.